The second kappa shape index (κ2) is 4.47. The standard InChI is InChI=1S/C11H7N3O3/c1-2-5-14-10(16)6-17-8-3-4-9(12-7-15)13-11(8)14/h1,3-4H,5-6H2. The van der Waals surface area contributed by atoms with Gasteiger partial charge in [-0.15, -0.1) is 11.4 Å². The molecule has 1 aliphatic heterocycles. The Morgan fingerprint density at radius 3 is 3.12 bits per heavy atom. The Hall–Kier alpha value is -2.64. The summed E-state index contributed by atoms with van der Waals surface area (Å²) < 4.78 is 5.18. The zero-order valence-electron chi connectivity index (χ0n) is 8.71. The van der Waals surface area contributed by atoms with Crippen molar-refractivity contribution < 1.29 is 14.3 Å². The summed E-state index contributed by atoms with van der Waals surface area (Å²) in [6.07, 6.45) is 6.55. The van der Waals surface area contributed by atoms with Crippen LogP contribution >= 0.6 is 0 Å². The van der Waals surface area contributed by atoms with Crippen molar-refractivity contribution in [2.45, 2.75) is 0 Å². The third-order valence-electron chi connectivity index (χ3n) is 2.14. The van der Waals surface area contributed by atoms with Crippen molar-refractivity contribution in [2.24, 2.45) is 4.99 Å². The number of anilines is 1. The average Bonchev–Trinajstić information content (AvgIpc) is 2.33. The van der Waals surface area contributed by atoms with E-state index < -0.39 is 0 Å². The van der Waals surface area contributed by atoms with Crippen molar-refractivity contribution in [3.63, 3.8) is 0 Å². The van der Waals surface area contributed by atoms with Crippen LogP contribution in [0.5, 0.6) is 5.75 Å². The number of hydrogen-bond donors (Lipinski definition) is 0. The van der Waals surface area contributed by atoms with Gasteiger partial charge in [0.25, 0.3) is 5.91 Å². The summed E-state index contributed by atoms with van der Waals surface area (Å²) in [7, 11) is 0. The van der Waals surface area contributed by atoms with Crippen molar-refractivity contribution >= 4 is 23.6 Å². The summed E-state index contributed by atoms with van der Waals surface area (Å²) in [5.41, 5.74) is 0. The predicted octanol–water partition coefficient (Wildman–Crippen LogP) is 0.407. The van der Waals surface area contributed by atoms with E-state index >= 15 is 0 Å². The molecule has 0 saturated heterocycles. The van der Waals surface area contributed by atoms with E-state index in [0.29, 0.717) is 5.75 Å². The van der Waals surface area contributed by atoms with Crippen molar-refractivity contribution in [3.8, 4) is 18.1 Å². The van der Waals surface area contributed by atoms with E-state index in [9.17, 15) is 9.59 Å². The molecular weight excluding hydrogens is 222 g/mol. The second-order valence-electron chi connectivity index (χ2n) is 3.17. The first-order chi connectivity index (χ1) is 8.26. The molecule has 0 fully saturated rings. The summed E-state index contributed by atoms with van der Waals surface area (Å²) in [5.74, 6) is 2.94. The first-order valence-electron chi connectivity index (χ1n) is 4.72. The number of carbonyl (C=O) groups is 1. The number of pyridine rings is 1. The molecule has 84 valence electrons. The molecule has 0 radical (unpaired) electrons. The van der Waals surface area contributed by atoms with Gasteiger partial charge in [0.05, 0.1) is 6.54 Å². The number of aromatic nitrogens is 1. The Labute approximate surface area is 96.9 Å². The molecule has 0 bridgehead atoms. The molecule has 0 unspecified atom stereocenters. The molecule has 1 aromatic rings. The van der Waals surface area contributed by atoms with Crippen LogP contribution in [-0.2, 0) is 9.59 Å². The highest BCUT2D eigenvalue weighted by molar-refractivity contribution is 5.97. The normalized spacial score (nSPS) is 13.1. The highest BCUT2D eigenvalue weighted by Crippen LogP contribution is 2.31. The van der Waals surface area contributed by atoms with Gasteiger partial charge in [-0.1, -0.05) is 5.92 Å². The quantitative estimate of drug-likeness (QED) is 0.418. The van der Waals surface area contributed by atoms with Crippen molar-refractivity contribution in [1.29, 1.82) is 0 Å². The van der Waals surface area contributed by atoms with Gasteiger partial charge < -0.3 is 4.74 Å². The lowest BCUT2D eigenvalue weighted by atomic mass is 10.3. The van der Waals surface area contributed by atoms with Crippen LogP contribution in [0.2, 0.25) is 0 Å². The Morgan fingerprint density at radius 2 is 2.41 bits per heavy atom. The maximum absolute atomic E-state index is 11.6. The van der Waals surface area contributed by atoms with Crippen LogP contribution in [0.4, 0.5) is 11.6 Å². The fraction of sp³-hybridized carbons (Fsp3) is 0.182. The van der Waals surface area contributed by atoms with Crippen molar-refractivity contribution in [2.75, 3.05) is 18.1 Å². The lowest BCUT2D eigenvalue weighted by molar-refractivity contribution is -0.121. The molecule has 6 nitrogen and oxygen atoms in total. The Bertz CT molecular complexity index is 556. The minimum Gasteiger partial charge on any atom is -0.480 e. The summed E-state index contributed by atoms with van der Waals surface area (Å²) in [4.78, 5) is 30.4. The number of nitrogens with zero attached hydrogens (tertiary/aromatic N) is 3. The molecule has 0 saturated carbocycles. The molecule has 0 N–H and O–H groups in total. The van der Waals surface area contributed by atoms with Crippen LogP contribution in [-0.4, -0.2) is 30.1 Å². The second-order valence-corrected chi connectivity index (χ2v) is 3.17. The van der Waals surface area contributed by atoms with Gasteiger partial charge in [-0.05, 0) is 12.1 Å². The molecule has 1 aromatic heterocycles. The zero-order valence-corrected chi connectivity index (χ0v) is 8.71. The number of isocyanates is 1. The fourth-order valence-electron chi connectivity index (χ4n) is 1.43. The molecule has 1 amide bonds. The summed E-state index contributed by atoms with van der Waals surface area (Å²) in [6, 6.07) is 3.07. The predicted molar refractivity (Wildman–Crippen MR) is 58.7 cm³/mol. The number of terminal acetylenes is 1. The average molecular weight is 229 g/mol. The molecule has 2 heterocycles. The molecule has 0 aromatic carbocycles. The maximum atomic E-state index is 11.6. The van der Waals surface area contributed by atoms with Crippen LogP contribution in [0, 0.1) is 12.3 Å². The molecule has 0 atom stereocenters. The number of hydrogen-bond acceptors (Lipinski definition) is 5. The Balaban J connectivity index is 2.48. The van der Waals surface area contributed by atoms with Gasteiger partial charge in [-0.25, -0.2) is 9.78 Å². The van der Waals surface area contributed by atoms with Crippen molar-refractivity contribution in [3.05, 3.63) is 12.1 Å². The number of ether oxygens (including phenoxy) is 1. The van der Waals surface area contributed by atoms with Gasteiger partial charge in [0.2, 0.25) is 6.08 Å². The van der Waals surface area contributed by atoms with Gasteiger partial charge in [0.1, 0.15) is 0 Å². The number of fused-ring (bicyclic) bond motifs is 1. The maximum Gasteiger partial charge on any atom is 0.267 e. The van der Waals surface area contributed by atoms with Gasteiger partial charge >= 0.3 is 0 Å². The molecule has 0 spiro atoms. The summed E-state index contributed by atoms with van der Waals surface area (Å²) in [5, 5.41) is 0. The van der Waals surface area contributed by atoms with E-state index in [1.54, 1.807) is 6.07 Å². The topological polar surface area (TPSA) is 71.9 Å². The number of amides is 1. The third kappa shape index (κ3) is 2.00. The molecule has 1 aliphatic rings. The van der Waals surface area contributed by atoms with E-state index in [4.69, 9.17) is 11.2 Å². The van der Waals surface area contributed by atoms with Gasteiger partial charge in [0.15, 0.2) is 24.0 Å². The van der Waals surface area contributed by atoms with E-state index in [1.165, 1.54) is 17.0 Å². The third-order valence-corrected chi connectivity index (χ3v) is 2.14. The summed E-state index contributed by atoms with van der Waals surface area (Å²) in [6.45, 7) is 0.0170. The lowest BCUT2D eigenvalue weighted by Crippen LogP contribution is -2.39. The fourth-order valence-corrected chi connectivity index (χ4v) is 1.43. The van der Waals surface area contributed by atoms with E-state index in [1.807, 2.05) is 0 Å². The number of carbonyl (C=O) groups excluding carboxylic acids is 2. The molecular formula is C11H7N3O3. The van der Waals surface area contributed by atoms with Gasteiger partial charge in [-0.3, -0.25) is 9.69 Å². The van der Waals surface area contributed by atoms with Crippen LogP contribution in [0.1, 0.15) is 0 Å². The molecule has 2 rings (SSSR count). The highest BCUT2D eigenvalue weighted by atomic mass is 16.5. The van der Waals surface area contributed by atoms with Crippen molar-refractivity contribution in [1.82, 2.24) is 4.98 Å². The van der Waals surface area contributed by atoms with Crippen LogP contribution in [0.25, 0.3) is 0 Å². The number of rotatable bonds is 2. The molecule has 17 heavy (non-hydrogen) atoms. The smallest absolute Gasteiger partial charge is 0.267 e. The van der Waals surface area contributed by atoms with Gasteiger partial charge in [-0.2, -0.15) is 0 Å². The van der Waals surface area contributed by atoms with Crippen LogP contribution < -0.4 is 9.64 Å². The zero-order chi connectivity index (χ0) is 12.3. The largest absolute Gasteiger partial charge is 0.480 e. The molecule has 6 heteroatoms. The molecule has 0 aliphatic carbocycles. The Kier molecular flexibility index (Phi) is 2.86. The van der Waals surface area contributed by atoms with Gasteiger partial charge in [0, 0.05) is 0 Å². The first-order valence-corrected chi connectivity index (χ1v) is 4.72. The minimum atomic E-state index is -0.282. The van der Waals surface area contributed by atoms with E-state index in [0.717, 1.165) is 0 Å². The van der Waals surface area contributed by atoms with Crippen LogP contribution in [0.3, 0.4) is 0 Å². The lowest BCUT2D eigenvalue weighted by Gasteiger charge is -2.26. The van der Waals surface area contributed by atoms with E-state index in [-0.39, 0.29) is 30.7 Å². The monoisotopic (exact) mass is 229 g/mol. The van der Waals surface area contributed by atoms with Crippen LogP contribution in [0.15, 0.2) is 17.1 Å². The summed E-state index contributed by atoms with van der Waals surface area (Å²) >= 11 is 0. The Morgan fingerprint density at radius 1 is 1.59 bits per heavy atom. The SMILES string of the molecule is C#CCN1C(=O)COc2ccc(N=C=O)nc21. The minimum absolute atomic E-state index is 0.0767. The van der Waals surface area contributed by atoms with E-state index in [2.05, 4.69) is 15.9 Å². The number of aliphatic imine (C=N–C) groups is 1. The first kappa shape index (κ1) is 10.9. The highest BCUT2D eigenvalue weighted by Gasteiger charge is 2.26.